The van der Waals surface area contributed by atoms with Crippen molar-refractivity contribution in [3.05, 3.63) is 41.4 Å². The molecule has 0 bridgehead atoms. The Morgan fingerprint density at radius 3 is 2.94 bits per heavy atom. The van der Waals surface area contributed by atoms with Gasteiger partial charge in [-0.2, -0.15) is 5.26 Å². The maximum atomic E-state index is 8.96. The molecule has 0 aliphatic heterocycles. The minimum Gasteiger partial charge on any atom is -0.469 e. The van der Waals surface area contributed by atoms with Gasteiger partial charge < -0.3 is 8.98 Å². The largest absolute Gasteiger partial charge is 0.469 e. The van der Waals surface area contributed by atoms with Gasteiger partial charge in [0.1, 0.15) is 17.7 Å². The molecule has 0 aromatic carbocycles. The summed E-state index contributed by atoms with van der Waals surface area (Å²) in [6, 6.07) is 5.93. The summed E-state index contributed by atoms with van der Waals surface area (Å²) in [6.07, 6.45) is 3.23. The first kappa shape index (κ1) is 10.5. The predicted molar refractivity (Wildman–Crippen MR) is 58.8 cm³/mol. The molecule has 0 spiro atoms. The first-order valence-corrected chi connectivity index (χ1v) is 5.17. The van der Waals surface area contributed by atoms with Crippen molar-refractivity contribution in [2.24, 2.45) is 7.05 Å². The van der Waals surface area contributed by atoms with Crippen LogP contribution in [0.5, 0.6) is 0 Å². The zero-order valence-electron chi connectivity index (χ0n) is 9.40. The second-order valence-corrected chi connectivity index (χ2v) is 3.70. The number of furan rings is 1. The van der Waals surface area contributed by atoms with Crippen molar-refractivity contribution in [2.75, 3.05) is 0 Å². The quantitative estimate of drug-likeness (QED) is 0.786. The van der Waals surface area contributed by atoms with Crippen molar-refractivity contribution in [3.8, 4) is 6.07 Å². The van der Waals surface area contributed by atoms with E-state index in [2.05, 4.69) is 11.1 Å². The summed E-state index contributed by atoms with van der Waals surface area (Å²) in [4.78, 5) is 4.20. The Kier molecular flexibility index (Phi) is 2.78. The highest BCUT2D eigenvalue weighted by Gasteiger charge is 2.11. The van der Waals surface area contributed by atoms with Crippen LogP contribution in [-0.4, -0.2) is 9.55 Å². The van der Waals surface area contributed by atoms with Gasteiger partial charge in [0.15, 0.2) is 5.69 Å². The van der Waals surface area contributed by atoms with E-state index in [0.717, 1.165) is 30.1 Å². The average Bonchev–Trinajstić information content (AvgIpc) is 2.87. The Hall–Kier alpha value is -2.02. The van der Waals surface area contributed by atoms with Crippen LogP contribution in [0, 0.1) is 18.3 Å². The molecule has 4 nitrogen and oxygen atoms in total. The highest BCUT2D eigenvalue weighted by atomic mass is 16.3. The SMILES string of the molecule is Cc1nc(C#N)c(CCc2ccco2)n1C. The van der Waals surface area contributed by atoms with Gasteiger partial charge in [-0.05, 0) is 25.5 Å². The monoisotopic (exact) mass is 215 g/mol. The van der Waals surface area contributed by atoms with Crippen LogP contribution >= 0.6 is 0 Å². The standard InChI is InChI=1S/C12H13N3O/c1-9-14-11(8-13)12(15(9)2)6-5-10-4-3-7-16-10/h3-4,7H,5-6H2,1-2H3. The summed E-state index contributed by atoms with van der Waals surface area (Å²) in [5, 5.41) is 8.96. The molecule has 0 N–H and O–H groups in total. The van der Waals surface area contributed by atoms with Crippen LogP contribution in [0.2, 0.25) is 0 Å². The van der Waals surface area contributed by atoms with E-state index in [1.807, 2.05) is 30.7 Å². The Bertz CT molecular complexity index is 517. The minimum absolute atomic E-state index is 0.520. The van der Waals surface area contributed by atoms with E-state index < -0.39 is 0 Å². The molecule has 2 rings (SSSR count). The van der Waals surface area contributed by atoms with Gasteiger partial charge in [-0.1, -0.05) is 0 Å². The van der Waals surface area contributed by atoms with Gasteiger partial charge in [-0.25, -0.2) is 4.98 Å². The molecule has 0 atom stereocenters. The fraction of sp³-hybridized carbons (Fsp3) is 0.333. The van der Waals surface area contributed by atoms with Crippen LogP contribution in [0.3, 0.4) is 0 Å². The van der Waals surface area contributed by atoms with Crippen LogP contribution in [0.1, 0.15) is 23.0 Å². The molecule has 0 fully saturated rings. The van der Waals surface area contributed by atoms with Crippen molar-refractivity contribution in [1.29, 1.82) is 5.26 Å². The van der Waals surface area contributed by atoms with Gasteiger partial charge in [-0.3, -0.25) is 0 Å². The molecule has 2 aromatic rings. The molecule has 0 amide bonds. The lowest BCUT2D eigenvalue weighted by atomic mass is 10.2. The number of nitrogens with zero attached hydrogens (tertiary/aromatic N) is 3. The van der Waals surface area contributed by atoms with Gasteiger partial charge in [0, 0.05) is 13.5 Å². The molecule has 4 heteroatoms. The number of imidazole rings is 1. The smallest absolute Gasteiger partial charge is 0.161 e. The number of aryl methyl sites for hydroxylation is 2. The summed E-state index contributed by atoms with van der Waals surface area (Å²) < 4.78 is 7.22. The molecule has 0 unspecified atom stereocenters. The minimum atomic E-state index is 0.520. The van der Waals surface area contributed by atoms with E-state index in [1.54, 1.807) is 6.26 Å². The number of hydrogen-bond donors (Lipinski definition) is 0. The highest BCUT2D eigenvalue weighted by molar-refractivity contribution is 5.29. The second kappa shape index (κ2) is 4.23. The van der Waals surface area contributed by atoms with E-state index in [0.29, 0.717) is 5.69 Å². The van der Waals surface area contributed by atoms with Crippen LogP contribution in [-0.2, 0) is 19.9 Å². The summed E-state index contributed by atoms with van der Waals surface area (Å²) in [5.74, 6) is 1.80. The Morgan fingerprint density at radius 1 is 1.50 bits per heavy atom. The van der Waals surface area contributed by atoms with E-state index in [-0.39, 0.29) is 0 Å². The maximum absolute atomic E-state index is 8.96. The van der Waals surface area contributed by atoms with E-state index >= 15 is 0 Å². The van der Waals surface area contributed by atoms with E-state index in [4.69, 9.17) is 9.68 Å². The van der Waals surface area contributed by atoms with E-state index in [1.165, 1.54) is 0 Å². The lowest BCUT2D eigenvalue weighted by Gasteiger charge is -2.02. The third-order valence-electron chi connectivity index (χ3n) is 2.73. The van der Waals surface area contributed by atoms with Crippen molar-refractivity contribution in [3.63, 3.8) is 0 Å². The second-order valence-electron chi connectivity index (χ2n) is 3.70. The highest BCUT2D eigenvalue weighted by Crippen LogP contribution is 2.13. The van der Waals surface area contributed by atoms with Gasteiger partial charge in [0.05, 0.1) is 12.0 Å². The first-order chi connectivity index (χ1) is 7.72. The van der Waals surface area contributed by atoms with Crippen LogP contribution in [0.25, 0.3) is 0 Å². The Balaban J connectivity index is 2.18. The molecule has 2 aromatic heterocycles. The van der Waals surface area contributed by atoms with Crippen molar-refractivity contribution >= 4 is 0 Å². The summed E-state index contributed by atoms with van der Waals surface area (Å²) in [6.45, 7) is 1.90. The third kappa shape index (κ3) is 1.84. The summed E-state index contributed by atoms with van der Waals surface area (Å²) in [7, 11) is 1.93. The lowest BCUT2D eigenvalue weighted by Crippen LogP contribution is -2.01. The van der Waals surface area contributed by atoms with Gasteiger partial charge in [0.25, 0.3) is 0 Å². The predicted octanol–water partition coefficient (Wildman–Crippen LogP) is 1.98. The van der Waals surface area contributed by atoms with Crippen LogP contribution in [0.15, 0.2) is 22.8 Å². The molecular weight excluding hydrogens is 202 g/mol. The molecule has 0 saturated carbocycles. The average molecular weight is 215 g/mol. The number of hydrogen-bond acceptors (Lipinski definition) is 3. The van der Waals surface area contributed by atoms with Crippen molar-refractivity contribution < 1.29 is 4.42 Å². The molecule has 0 saturated heterocycles. The number of aromatic nitrogens is 2. The van der Waals surface area contributed by atoms with Gasteiger partial charge in [-0.15, -0.1) is 0 Å². The Morgan fingerprint density at radius 2 is 2.31 bits per heavy atom. The molecule has 0 radical (unpaired) electrons. The first-order valence-electron chi connectivity index (χ1n) is 5.17. The molecular formula is C12H13N3O. The fourth-order valence-electron chi connectivity index (χ4n) is 1.73. The van der Waals surface area contributed by atoms with Crippen LogP contribution in [0.4, 0.5) is 0 Å². The zero-order chi connectivity index (χ0) is 11.5. The zero-order valence-corrected chi connectivity index (χ0v) is 9.40. The van der Waals surface area contributed by atoms with Gasteiger partial charge >= 0.3 is 0 Å². The summed E-state index contributed by atoms with van der Waals surface area (Å²) >= 11 is 0. The molecule has 0 aliphatic rings. The van der Waals surface area contributed by atoms with Crippen molar-refractivity contribution in [1.82, 2.24) is 9.55 Å². The van der Waals surface area contributed by atoms with Gasteiger partial charge in [0.2, 0.25) is 0 Å². The van der Waals surface area contributed by atoms with Crippen molar-refractivity contribution in [2.45, 2.75) is 19.8 Å². The fourth-order valence-corrected chi connectivity index (χ4v) is 1.73. The normalized spacial score (nSPS) is 10.3. The molecule has 16 heavy (non-hydrogen) atoms. The number of nitriles is 1. The third-order valence-corrected chi connectivity index (χ3v) is 2.73. The molecule has 82 valence electrons. The number of rotatable bonds is 3. The topological polar surface area (TPSA) is 54.8 Å². The van der Waals surface area contributed by atoms with Crippen LogP contribution < -0.4 is 0 Å². The summed E-state index contributed by atoms with van der Waals surface area (Å²) in [5.41, 5.74) is 1.49. The lowest BCUT2D eigenvalue weighted by molar-refractivity contribution is 0.506. The Labute approximate surface area is 94.1 Å². The maximum Gasteiger partial charge on any atom is 0.161 e. The molecule has 0 aliphatic carbocycles. The van der Waals surface area contributed by atoms with E-state index in [9.17, 15) is 0 Å². The molecule has 2 heterocycles.